The zero-order chi connectivity index (χ0) is 10.5. The van der Waals surface area contributed by atoms with Crippen LogP contribution in [-0.4, -0.2) is 26.1 Å². The monoisotopic (exact) mass is 223 g/mol. The molecular formula is C9H13N5S. The van der Waals surface area contributed by atoms with Gasteiger partial charge in [0.05, 0.1) is 6.20 Å². The molecule has 0 aromatic carbocycles. The van der Waals surface area contributed by atoms with E-state index in [1.807, 2.05) is 13.1 Å². The van der Waals surface area contributed by atoms with E-state index in [1.165, 1.54) is 17.1 Å². The summed E-state index contributed by atoms with van der Waals surface area (Å²) in [5.41, 5.74) is 2.44. The van der Waals surface area contributed by atoms with Crippen LogP contribution in [0.2, 0.25) is 0 Å². The standard InChI is InChI=1S/C9H13N5S/c1-7-8(5-12-14-7)3-2-4-10-9-11-6-13-15-9/h5-6H,2-4H2,1H3,(H,12,14)(H,10,11,13). The number of aryl methyl sites for hydroxylation is 2. The molecule has 0 bridgehead atoms. The van der Waals surface area contributed by atoms with Gasteiger partial charge in [-0.05, 0) is 25.3 Å². The fourth-order valence-electron chi connectivity index (χ4n) is 1.35. The average molecular weight is 223 g/mol. The first-order valence-electron chi connectivity index (χ1n) is 4.85. The number of H-pyrrole nitrogens is 1. The lowest BCUT2D eigenvalue weighted by molar-refractivity contribution is 0.856. The molecule has 2 aromatic heterocycles. The van der Waals surface area contributed by atoms with Gasteiger partial charge in [0.25, 0.3) is 0 Å². The van der Waals surface area contributed by atoms with Crippen molar-refractivity contribution in [1.82, 2.24) is 19.6 Å². The number of aromatic nitrogens is 4. The Morgan fingerprint density at radius 3 is 3.13 bits per heavy atom. The number of rotatable bonds is 5. The SMILES string of the molecule is Cc1[nH]ncc1CCCNc1ncns1. The Labute approximate surface area is 92.1 Å². The van der Waals surface area contributed by atoms with Crippen LogP contribution in [0, 0.1) is 6.92 Å². The van der Waals surface area contributed by atoms with E-state index in [0.29, 0.717) is 0 Å². The molecule has 80 valence electrons. The van der Waals surface area contributed by atoms with Crippen LogP contribution < -0.4 is 5.32 Å². The summed E-state index contributed by atoms with van der Waals surface area (Å²) < 4.78 is 3.92. The molecule has 2 rings (SSSR count). The van der Waals surface area contributed by atoms with E-state index in [9.17, 15) is 0 Å². The molecule has 2 heterocycles. The van der Waals surface area contributed by atoms with Gasteiger partial charge in [-0.3, -0.25) is 5.10 Å². The van der Waals surface area contributed by atoms with E-state index < -0.39 is 0 Å². The summed E-state index contributed by atoms with van der Waals surface area (Å²) in [4.78, 5) is 4.05. The third-order valence-corrected chi connectivity index (χ3v) is 2.82. The molecule has 6 heteroatoms. The maximum absolute atomic E-state index is 4.05. The van der Waals surface area contributed by atoms with Crippen LogP contribution in [0.3, 0.4) is 0 Å². The van der Waals surface area contributed by atoms with Crippen LogP contribution >= 0.6 is 11.5 Å². The highest BCUT2D eigenvalue weighted by Gasteiger charge is 2.00. The molecule has 0 aliphatic rings. The highest BCUT2D eigenvalue weighted by atomic mass is 32.1. The van der Waals surface area contributed by atoms with Crippen LogP contribution in [0.15, 0.2) is 12.5 Å². The molecular weight excluding hydrogens is 210 g/mol. The molecule has 0 saturated carbocycles. The number of nitrogens with zero attached hydrogens (tertiary/aromatic N) is 3. The van der Waals surface area contributed by atoms with Crippen LogP contribution in [0.1, 0.15) is 17.7 Å². The van der Waals surface area contributed by atoms with Crippen LogP contribution in [0.4, 0.5) is 5.13 Å². The number of nitrogens with one attached hydrogen (secondary N) is 2. The van der Waals surface area contributed by atoms with Gasteiger partial charge in [0.2, 0.25) is 5.13 Å². The second-order valence-corrected chi connectivity index (χ2v) is 4.08. The predicted octanol–water partition coefficient (Wildman–Crippen LogP) is 1.61. The van der Waals surface area contributed by atoms with Crippen molar-refractivity contribution in [2.24, 2.45) is 0 Å². The highest BCUT2D eigenvalue weighted by Crippen LogP contribution is 2.08. The van der Waals surface area contributed by atoms with E-state index in [4.69, 9.17) is 0 Å². The van der Waals surface area contributed by atoms with Gasteiger partial charge < -0.3 is 5.32 Å². The summed E-state index contributed by atoms with van der Waals surface area (Å²) in [5, 5.41) is 11.0. The van der Waals surface area contributed by atoms with E-state index >= 15 is 0 Å². The minimum atomic E-state index is 0.888. The predicted molar refractivity (Wildman–Crippen MR) is 60.0 cm³/mol. The zero-order valence-corrected chi connectivity index (χ0v) is 9.34. The third-order valence-electron chi connectivity index (χ3n) is 2.19. The second-order valence-electron chi connectivity index (χ2n) is 3.30. The lowest BCUT2D eigenvalue weighted by Crippen LogP contribution is -2.02. The molecule has 0 atom stereocenters. The van der Waals surface area contributed by atoms with E-state index in [-0.39, 0.29) is 0 Å². The molecule has 0 aliphatic carbocycles. The first-order chi connectivity index (χ1) is 7.36. The van der Waals surface area contributed by atoms with Crippen molar-refractivity contribution < 1.29 is 0 Å². The van der Waals surface area contributed by atoms with Gasteiger partial charge in [-0.1, -0.05) is 0 Å². The van der Waals surface area contributed by atoms with Crippen molar-refractivity contribution >= 4 is 16.7 Å². The molecule has 15 heavy (non-hydrogen) atoms. The normalized spacial score (nSPS) is 10.5. The van der Waals surface area contributed by atoms with E-state index in [0.717, 1.165) is 30.2 Å². The van der Waals surface area contributed by atoms with Crippen LogP contribution in [0.5, 0.6) is 0 Å². The largest absolute Gasteiger partial charge is 0.360 e. The van der Waals surface area contributed by atoms with E-state index in [2.05, 4.69) is 24.9 Å². The van der Waals surface area contributed by atoms with Crippen molar-refractivity contribution in [3.8, 4) is 0 Å². The van der Waals surface area contributed by atoms with Gasteiger partial charge in [-0.25, -0.2) is 4.98 Å². The lowest BCUT2D eigenvalue weighted by atomic mass is 10.1. The number of hydrogen-bond acceptors (Lipinski definition) is 5. The van der Waals surface area contributed by atoms with Gasteiger partial charge in [0.15, 0.2) is 0 Å². The number of anilines is 1. The average Bonchev–Trinajstić information content (AvgIpc) is 2.85. The van der Waals surface area contributed by atoms with Gasteiger partial charge >= 0.3 is 0 Å². The van der Waals surface area contributed by atoms with Crippen molar-refractivity contribution in [3.05, 3.63) is 23.8 Å². The van der Waals surface area contributed by atoms with Crippen molar-refractivity contribution in [3.63, 3.8) is 0 Å². The van der Waals surface area contributed by atoms with E-state index in [1.54, 1.807) is 6.33 Å². The molecule has 0 saturated heterocycles. The smallest absolute Gasteiger partial charge is 0.202 e. The maximum Gasteiger partial charge on any atom is 0.202 e. The fourth-order valence-corrected chi connectivity index (χ4v) is 1.81. The number of hydrogen-bond donors (Lipinski definition) is 2. The molecule has 0 amide bonds. The Morgan fingerprint density at radius 2 is 2.47 bits per heavy atom. The Balaban J connectivity index is 1.70. The second kappa shape index (κ2) is 4.88. The molecule has 2 aromatic rings. The van der Waals surface area contributed by atoms with Crippen molar-refractivity contribution in [2.45, 2.75) is 19.8 Å². The van der Waals surface area contributed by atoms with Gasteiger partial charge in [-0.15, -0.1) is 0 Å². The molecule has 0 radical (unpaired) electrons. The summed E-state index contributed by atoms with van der Waals surface area (Å²) in [6.07, 6.45) is 5.56. The molecule has 5 nitrogen and oxygen atoms in total. The maximum atomic E-state index is 4.05. The van der Waals surface area contributed by atoms with Gasteiger partial charge in [0.1, 0.15) is 6.33 Å². The van der Waals surface area contributed by atoms with Crippen molar-refractivity contribution in [1.29, 1.82) is 0 Å². The highest BCUT2D eigenvalue weighted by molar-refractivity contribution is 7.09. The lowest BCUT2D eigenvalue weighted by Gasteiger charge is -2.01. The summed E-state index contributed by atoms with van der Waals surface area (Å²) >= 11 is 1.38. The summed E-state index contributed by atoms with van der Waals surface area (Å²) in [5.74, 6) is 0. The molecule has 0 spiro atoms. The topological polar surface area (TPSA) is 66.5 Å². The first-order valence-corrected chi connectivity index (χ1v) is 5.63. The van der Waals surface area contributed by atoms with Gasteiger partial charge in [-0.2, -0.15) is 9.47 Å². The zero-order valence-electron chi connectivity index (χ0n) is 8.53. The van der Waals surface area contributed by atoms with Gasteiger partial charge in [0, 0.05) is 23.8 Å². The molecule has 0 aliphatic heterocycles. The van der Waals surface area contributed by atoms with Crippen molar-refractivity contribution in [2.75, 3.05) is 11.9 Å². The fraction of sp³-hybridized carbons (Fsp3) is 0.444. The minimum Gasteiger partial charge on any atom is -0.360 e. The Hall–Kier alpha value is -1.43. The summed E-state index contributed by atoms with van der Waals surface area (Å²) in [7, 11) is 0. The molecule has 2 N–H and O–H groups in total. The minimum absolute atomic E-state index is 0.888. The molecule has 0 fully saturated rings. The van der Waals surface area contributed by atoms with Crippen LogP contribution in [0.25, 0.3) is 0 Å². The summed E-state index contributed by atoms with van der Waals surface area (Å²) in [6, 6.07) is 0. The first kappa shape index (κ1) is 10.1. The number of aromatic amines is 1. The third kappa shape index (κ3) is 2.76. The Morgan fingerprint density at radius 1 is 1.53 bits per heavy atom. The summed E-state index contributed by atoms with van der Waals surface area (Å²) in [6.45, 7) is 2.96. The quantitative estimate of drug-likeness (QED) is 0.756. The Bertz CT molecular complexity index is 394. The van der Waals surface area contributed by atoms with Crippen LogP contribution in [-0.2, 0) is 6.42 Å². The Kier molecular flexibility index (Phi) is 3.29. The molecule has 0 unspecified atom stereocenters.